The van der Waals surface area contributed by atoms with Crippen molar-refractivity contribution in [3.63, 3.8) is 0 Å². The number of nitrogens with zero attached hydrogens (tertiary/aromatic N) is 4. The average molecular weight is 389 g/mol. The van der Waals surface area contributed by atoms with E-state index in [1.54, 1.807) is 22.7 Å². The van der Waals surface area contributed by atoms with Crippen molar-refractivity contribution in [2.45, 2.75) is 32.9 Å². The summed E-state index contributed by atoms with van der Waals surface area (Å²) in [6.45, 7) is 6.24. The van der Waals surface area contributed by atoms with Gasteiger partial charge in [0.05, 0.1) is 6.54 Å². The molecule has 0 aromatic carbocycles. The summed E-state index contributed by atoms with van der Waals surface area (Å²) in [4.78, 5) is 7.35. The normalized spacial score (nSPS) is 13.0. The van der Waals surface area contributed by atoms with Crippen LogP contribution in [0.1, 0.15) is 34.2 Å². The first-order valence-electron chi connectivity index (χ1n) is 8.56. The van der Waals surface area contributed by atoms with Crippen molar-refractivity contribution < 1.29 is 0 Å². The van der Waals surface area contributed by atoms with Crippen LogP contribution in [-0.4, -0.2) is 27.3 Å². The van der Waals surface area contributed by atoms with E-state index in [2.05, 4.69) is 62.8 Å². The lowest BCUT2D eigenvalue weighted by Gasteiger charge is -2.15. The van der Waals surface area contributed by atoms with Crippen LogP contribution in [0.3, 0.4) is 0 Å². The average Bonchev–Trinajstić information content (AvgIpc) is 3.39. The van der Waals surface area contributed by atoms with Gasteiger partial charge in [-0.2, -0.15) is 0 Å². The monoisotopic (exact) mass is 388 g/mol. The van der Waals surface area contributed by atoms with Crippen molar-refractivity contribution in [3.8, 4) is 0 Å². The first-order chi connectivity index (χ1) is 12.6. The largest absolute Gasteiger partial charge is 0.356 e. The number of nitrogens with one attached hydrogen (secondary N) is 2. The Morgan fingerprint density at radius 1 is 1.19 bits per heavy atom. The fourth-order valence-corrected chi connectivity index (χ4v) is 3.85. The summed E-state index contributed by atoms with van der Waals surface area (Å²) in [7, 11) is 1.96. The summed E-state index contributed by atoms with van der Waals surface area (Å²) in [6, 6.07) is 8.45. The molecule has 6 nitrogen and oxygen atoms in total. The number of aliphatic imine (C=N–C) groups is 1. The van der Waals surface area contributed by atoms with Gasteiger partial charge in [0.2, 0.25) is 0 Å². The molecule has 138 valence electrons. The Labute approximate surface area is 162 Å². The Morgan fingerprint density at radius 3 is 2.65 bits per heavy atom. The second-order valence-electron chi connectivity index (χ2n) is 6.12. The molecule has 0 spiro atoms. The lowest BCUT2D eigenvalue weighted by molar-refractivity contribution is 0.700. The lowest BCUT2D eigenvalue weighted by atomic mass is 10.1. The van der Waals surface area contributed by atoms with Gasteiger partial charge in [0, 0.05) is 29.3 Å². The first-order valence-corrected chi connectivity index (χ1v) is 10.3. The van der Waals surface area contributed by atoms with Crippen molar-refractivity contribution in [2.24, 2.45) is 12.0 Å². The van der Waals surface area contributed by atoms with Gasteiger partial charge in [-0.3, -0.25) is 0 Å². The van der Waals surface area contributed by atoms with Crippen LogP contribution >= 0.6 is 22.7 Å². The number of rotatable bonds is 7. The Hall–Kier alpha value is -2.19. The van der Waals surface area contributed by atoms with Crippen molar-refractivity contribution in [1.82, 2.24) is 25.4 Å². The maximum absolute atomic E-state index is 4.70. The fraction of sp³-hybridized carbons (Fsp3) is 0.389. The van der Waals surface area contributed by atoms with Gasteiger partial charge in [0.25, 0.3) is 0 Å². The highest BCUT2D eigenvalue weighted by Gasteiger charge is 2.09. The molecule has 8 heteroatoms. The van der Waals surface area contributed by atoms with E-state index < -0.39 is 0 Å². The zero-order chi connectivity index (χ0) is 18.4. The molecule has 26 heavy (non-hydrogen) atoms. The first kappa shape index (κ1) is 18.6. The molecule has 3 rings (SSSR count). The SMILES string of the molecule is Cc1nnc(CN=C(NCc2cccs2)NCC(C)c2cccs2)n1C. The predicted octanol–water partition coefficient (Wildman–Crippen LogP) is 3.29. The Kier molecular flexibility index (Phi) is 6.40. The Morgan fingerprint density at radius 2 is 2.00 bits per heavy atom. The molecule has 0 aliphatic heterocycles. The third-order valence-electron chi connectivity index (χ3n) is 4.18. The lowest BCUT2D eigenvalue weighted by Crippen LogP contribution is -2.38. The van der Waals surface area contributed by atoms with Crippen LogP contribution in [-0.2, 0) is 20.1 Å². The molecule has 1 unspecified atom stereocenters. The maximum atomic E-state index is 4.70. The second-order valence-corrected chi connectivity index (χ2v) is 8.13. The van der Waals surface area contributed by atoms with E-state index in [1.165, 1.54) is 9.75 Å². The highest BCUT2D eigenvalue weighted by Crippen LogP contribution is 2.19. The van der Waals surface area contributed by atoms with E-state index in [1.807, 2.05) is 18.5 Å². The molecule has 0 amide bonds. The van der Waals surface area contributed by atoms with Crippen molar-refractivity contribution in [1.29, 1.82) is 0 Å². The minimum Gasteiger partial charge on any atom is -0.356 e. The third-order valence-corrected chi connectivity index (χ3v) is 6.16. The van der Waals surface area contributed by atoms with Crippen LogP contribution in [0.2, 0.25) is 0 Å². The van der Waals surface area contributed by atoms with E-state index in [9.17, 15) is 0 Å². The van der Waals surface area contributed by atoms with Gasteiger partial charge in [0.15, 0.2) is 11.8 Å². The maximum Gasteiger partial charge on any atom is 0.192 e. The van der Waals surface area contributed by atoms with Gasteiger partial charge in [-0.15, -0.1) is 32.9 Å². The number of aromatic nitrogens is 3. The number of guanidine groups is 1. The summed E-state index contributed by atoms with van der Waals surface area (Å²) in [6.07, 6.45) is 0. The standard InChI is InChI=1S/C18H24N6S2/c1-13(16-7-5-9-26-16)10-19-18(20-11-15-6-4-8-25-15)21-12-17-23-22-14(2)24(17)3/h4-9,13H,10-12H2,1-3H3,(H2,19,20,21). The van der Waals surface area contributed by atoms with E-state index in [0.29, 0.717) is 12.5 Å². The van der Waals surface area contributed by atoms with Gasteiger partial charge in [0.1, 0.15) is 12.4 Å². The van der Waals surface area contributed by atoms with Crippen molar-refractivity contribution in [2.75, 3.05) is 6.54 Å². The molecule has 0 fully saturated rings. The van der Waals surface area contributed by atoms with Gasteiger partial charge >= 0.3 is 0 Å². The van der Waals surface area contributed by atoms with Crippen LogP contribution < -0.4 is 10.6 Å². The molecule has 1 atom stereocenters. The highest BCUT2D eigenvalue weighted by atomic mass is 32.1. The van der Waals surface area contributed by atoms with E-state index in [-0.39, 0.29) is 0 Å². The fourth-order valence-electron chi connectivity index (χ4n) is 2.42. The highest BCUT2D eigenvalue weighted by molar-refractivity contribution is 7.10. The molecule has 0 aliphatic carbocycles. The molecular weight excluding hydrogens is 364 g/mol. The molecule has 0 saturated carbocycles. The zero-order valence-corrected chi connectivity index (χ0v) is 16.9. The molecule has 3 heterocycles. The second kappa shape index (κ2) is 8.95. The van der Waals surface area contributed by atoms with E-state index >= 15 is 0 Å². The Bertz CT molecular complexity index is 820. The molecule has 0 bridgehead atoms. The summed E-state index contributed by atoms with van der Waals surface area (Å²) in [5.41, 5.74) is 0. The molecule has 0 aliphatic rings. The molecule has 0 saturated heterocycles. The van der Waals surface area contributed by atoms with Crippen LogP contribution in [0.5, 0.6) is 0 Å². The van der Waals surface area contributed by atoms with Gasteiger partial charge in [-0.25, -0.2) is 4.99 Å². The Balaban J connectivity index is 1.64. The van der Waals surface area contributed by atoms with Crippen LogP contribution in [0.25, 0.3) is 0 Å². The number of thiophene rings is 2. The summed E-state index contributed by atoms with van der Waals surface area (Å²) < 4.78 is 1.97. The molecule has 2 N–H and O–H groups in total. The van der Waals surface area contributed by atoms with Gasteiger partial charge in [-0.1, -0.05) is 19.1 Å². The minimum atomic E-state index is 0.431. The van der Waals surface area contributed by atoms with E-state index in [0.717, 1.165) is 30.7 Å². The molecule has 0 radical (unpaired) electrons. The smallest absolute Gasteiger partial charge is 0.192 e. The summed E-state index contributed by atoms with van der Waals surface area (Å²) in [5.74, 6) is 2.97. The minimum absolute atomic E-state index is 0.431. The summed E-state index contributed by atoms with van der Waals surface area (Å²) in [5, 5.41) is 19.4. The predicted molar refractivity (Wildman–Crippen MR) is 109 cm³/mol. The third kappa shape index (κ3) is 4.92. The number of aryl methyl sites for hydroxylation is 1. The number of hydrogen-bond donors (Lipinski definition) is 2. The number of hydrogen-bond acceptors (Lipinski definition) is 5. The molecule has 3 aromatic rings. The van der Waals surface area contributed by atoms with Crippen molar-refractivity contribution in [3.05, 3.63) is 56.4 Å². The van der Waals surface area contributed by atoms with Crippen LogP contribution in [0, 0.1) is 6.92 Å². The van der Waals surface area contributed by atoms with Crippen LogP contribution in [0.4, 0.5) is 0 Å². The van der Waals surface area contributed by atoms with Gasteiger partial charge < -0.3 is 15.2 Å². The van der Waals surface area contributed by atoms with Gasteiger partial charge in [-0.05, 0) is 29.8 Å². The van der Waals surface area contributed by atoms with Crippen LogP contribution in [0.15, 0.2) is 40.0 Å². The summed E-state index contributed by atoms with van der Waals surface area (Å²) >= 11 is 3.53. The zero-order valence-electron chi connectivity index (χ0n) is 15.3. The quantitative estimate of drug-likeness (QED) is 0.481. The molecule has 3 aromatic heterocycles. The molecular formula is C18H24N6S2. The topological polar surface area (TPSA) is 67.1 Å². The van der Waals surface area contributed by atoms with Crippen molar-refractivity contribution >= 4 is 28.6 Å². The van der Waals surface area contributed by atoms with E-state index in [4.69, 9.17) is 4.99 Å².